The Labute approximate surface area is 291 Å². The lowest BCUT2D eigenvalue weighted by Crippen LogP contribution is -2.53. The fourth-order valence-corrected chi connectivity index (χ4v) is 7.17. The molecule has 16 nitrogen and oxygen atoms in total. The van der Waals surface area contributed by atoms with Crippen LogP contribution in [0.4, 0.5) is 26.0 Å². The molecule has 3 aliphatic rings. The van der Waals surface area contributed by atoms with Crippen molar-refractivity contribution >= 4 is 61.1 Å². The lowest BCUT2D eigenvalue weighted by molar-refractivity contribution is 0.0927. The molecule has 0 amide bonds. The van der Waals surface area contributed by atoms with Gasteiger partial charge in [0.25, 0.3) is 0 Å². The van der Waals surface area contributed by atoms with Crippen molar-refractivity contribution in [2.45, 2.75) is 18.6 Å². The van der Waals surface area contributed by atoms with E-state index < -0.39 is 5.82 Å². The lowest BCUT2D eigenvalue weighted by atomic mass is 10.1. The molecule has 3 fully saturated rings. The summed E-state index contributed by atoms with van der Waals surface area (Å²) in [5.74, 6) is 0.579. The molecule has 6 aromatic heterocycles. The Morgan fingerprint density at radius 1 is 0.769 bits per heavy atom. The van der Waals surface area contributed by atoms with E-state index in [1.54, 1.807) is 13.2 Å². The minimum Gasteiger partial charge on any atom is -0.421 e. The lowest BCUT2D eigenvalue weighted by Gasteiger charge is -2.41. The first-order valence-corrected chi connectivity index (χ1v) is 16.3. The number of anilines is 3. The first-order chi connectivity index (χ1) is 25.5. The predicted molar refractivity (Wildman–Crippen MR) is 186 cm³/mol. The van der Waals surface area contributed by atoms with Crippen LogP contribution in [0.25, 0.3) is 43.9 Å². The fraction of sp³-hybridized carbons (Fsp3) is 0.176. The van der Waals surface area contributed by atoms with E-state index in [4.69, 9.17) is 14.5 Å². The van der Waals surface area contributed by atoms with Crippen LogP contribution in [0.3, 0.4) is 0 Å². The summed E-state index contributed by atoms with van der Waals surface area (Å²) in [6.07, 6.45) is 11.3. The van der Waals surface area contributed by atoms with Crippen LogP contribution in [0.5, 0.6) is 23.5 Å². The van der Waals surface area contributed by atoms with Crippen LogP contribution < -0.4 is 25.0 Å². The molecule has 3 saturated heterocycles. The van der Waals surface area contributed by atoms with Crippen LogP contribution in [0.15, 0.2) is 67.9 Å². The van der Waals surface area contributed by atoms with Crippen molar-refractivity contribution in [3.05, 3.63) is 79.5 Å². The summed E-state index contributed by atoms with van der Waals surface area (Å²) in [6.45, 7) is 1.07. The number of aromatic amines is 2. The summed E-state index contributed by atoms with van der Waals surface area (Å²) in [6, 6.07) is 6.20. The average Bonchev–Trinajstić information content (AvgIpc) is 3.92. The van der Waals surface area contributed by atoms with Crippen molar-refractivity contribution < 1.29 is 18.3 Å². The van der Waals surface area contributed by atoms with Gasteiger partial charge in [-0.25, -0.2) is 33.7 Å². The highest BCUT2D eigenvalue weighted by atomic mass is 19.1. The normalized spacial score (nSPS) is 16.9. The molecule has 0 saturated carbocycles. The summed E-state index contributed by atoms with van der Waals surface area (Å²) >= 11 is 0. The number of H-pyrrole nitrogens is 2. The molecule has 2 unspecified atom stereocenters. The Kier molecular flexibility index (Phi) is 6.72. The predicted octanol–water partition coefficient (Wildman–Crippen LogP) is 5.31. The molecule has 52 heavy (non-hydrogen) atoms. The zero-order valence-electron chi connectivity index (χ0n) is 27.2. The Balaban J connectivity index is 0.966. The van der Waals surface area contributed by atoms with E-state index in [1.165, 1.54) is 61.7 Å². The fourth-order valence-electron chi connectivity index (χ4n) is 7.17. The maximum absolute atomic E-state index is 15.0. The molecule has 3 aliphatic heterocycles. The van der Waals surface area contributed by atoms with Gasteiger partial charge in [0, 0.05) is 42.0 Å². The van der Waals surface area contributed by atoms with Crippen molar-refractivity contribution in [3.8, 4) is 23.5 Å². The molecular formula is C34H26F2N14O2. The first kappa shape index (κ1) is 30.0. The van der Waals surface area contributed by atoms with E-state index in [-0.39, 0.29) is 30.0 Å². The quantitative estimate of drug-likeness (QED) is 0.152. The summed E-state index contributed by atoms with van der Waals surface area (Å²) < 4.78 is 41.6. The second kappa shape index (κ2) is 11.6. The Morgan fingerprint density at radius 3 is 2.17 bits per heavy atom. The second-order valence-electron chi connectivity index (χ2n) is 12.4. The van der Waals surface area contributed by atoms with Gasteiger partial charge in [0.15, 0.2) is 11.5 Å². The van der Waals surface area contributed by atoms with Crippen LogP contribution in [0.1, 0.15) is 6.42 Å². The van der Waals surface area contributed by atoms with Crippen LogP contribution in [0.2, 0.25) is 0 Å². The number of halogens is 2. The second-order valence-corrected chi connectivity index (χ2v) is 12.4. The molecule has 2 aromatic carbocycles. The summed E-state index contributed by atoms with van der Waals surface area (Å²) in [4.78, 5) is 45.4. The molecule has 0 spiro atoms. The summed E-state index contributed by atoms with van der Waals surface area (Å²) in [5, 5.41) is 9.11. The van der Waals surface area contributed by atoms with Crippen LogP contribution in [0, 0.1) is 11.6 Å². The molecule has 11 rings (SSSR count). The van der Waals surface area contributed by atoms with Crippen molar-refractivity contribution in [1.82, 2.24) is 54.7 Å². The van der Waals surface area contributed by atoms with Gasteiger partial charge in [-0.05, 0) is 30.7 Å². The van der Waals surface area contributed by atoms with E-state index in [0.29, 0.717) is 85.8 Å². The Bertz CT molecular complexity index is 2660. The topological polar surface area (TPSA) is 184 Å². The summed E-state index contributed by atoms with van der Waals surface area (Å²) in [7, 11) is 1.74. The highest BCUT2D eigenvalue weighted by Gasteiger charge is 2.51. The Morgan fingerprint density at radius 2 is 1.42 bits per heavy atom. The number of rotatable bonds is 9. The molecule has 9 heterocycles. The van der Waals surface area contributed by atoms with Crippen LogP contribution in [-0.2, 0) is 0 Å². The zero-order valence-corrected chi connectivity index (χ0v) is 27.2. The molecule has 2 atom stereocenters. The van der Waals surface area contributed by atoms with E-state index in [9.17, 15) is 4.39 Å². The largest absolute Gasteiger partial charge is 0.421 e. The third kappa shape index (κ3) is 4.90. The number of hydrogen-bond donors (Lipinski definition) is 4. The zero-order chi connectivity index (χ0) is 34.9. The SMILES string of the molecule is CNc1cc(F)cc2c1[nH]c1nc(Oc3cncnc3)nc(N3CC4CC3N4CNc3cc(F)cc4c3[nH]c3nc(Oc5cncnc5)ncc34)c12. The standard InChI is InChI=1S/C34H26F2N14O2/c1-37-24-4-17(36)3-22-27-31(45-29(22)24)47-34(52-20-9-40-14-41-10-20)48-32(27)49-12-18-6-26(49)50(18)15-43-25-5-16(35)2-21-23-11-42-33(46-30(23)44-28(21)25)51-19-7-38-13-39-8-19/h2-5,7-11,13-14,18,26,37,43H,6,12,15H2,1H3,(H,42,44,46)(H,45,47,48). The van der Waals surface area contributed by atoms with Gasteiger partial charge in [0.05, 0.1) is 65.4 Å². The average molecular weight is 701 g/mol. The van der Waals surface area contributed by atoms with Crippen molar-refractivity contribution in [1.29, 1.82) is 0 Å². The molecule has 8 aromatic rings. The molecule has 2 bridgehead atoms. The van der Waals surface area contributed by atoms with Crippen molar-refractivity contribution in [2.24, 2.45) is 0 Å². The Hall–Kier alpha value is -6.82. The van der Waals surface area contributed by atoms with Crippen LogP contribution >= 0.6 is 0 Å². The molecule has 18 heteroatoms. The maximum Gasteiger partial charge on any atom is 0.326 e. The van der Waals surface area contributed by atoms with Gasteiger partial charge in [-0.2, -0.15) is 15.0 Å². The van der Waals surface area contributed by atoms with Gasteiger partial charge in [-0.15, -0.1) is 0 Å². The van der Waals surface area contributed by atoms with Gasteiger partial charge in [0.1, 0.15) is 41.4 Å². The van der Waals surface area contributed by atoms with E-state index in [1.807, 2.05) is 0 Å². The van der Waals surface area contributed by atoms with Crippen LogP contribution in [-0.4, -0.2) is 87.2 Å². The third-order valence-corrected chi connectivity index (χ3v) is 9.48. The minimum absolute atomic E-state index is 0.0508. The van der Waals surface area contributed by atoms with Gasteiger partial charge < -0.3 is 35.0 Å². The summed E-state index contributed by atoms with van der Waals surface area (Å²) in [5.41, 5.74) is 3.53. The van der Waals surface area contributed by atoms with Crippen molar-refractivity contribution in [3.63, 3.8) is 0 Å². The number of nitrogens with one attached hydrogen (secondary N) is 4. The molecular weight excluding hydrogens is 674 g/mol. The number of ether oxygens (including phenoxy) is 2. The smallest absolute Gasteiger partial charge is 0.326 e. The highest BCUT2D eigenvalue weighted by molar-refractivity contribution is 6.15. The third-order valence-electron chi connectivity index (χ3n) is 9.48. The number of benzene rings is 2. The van der Waals surface area contributed by atoms with Gasteiger partial charge in [0.2, 0.25) is 0 Å². The van der Waals surface area contributed by atoms with E-state index in [0.717, 1.165) is 6.42 Å². The number of fused-ring (bicyclic) bond motifs is 7. The van der Waals surface area contributed by atoms with Gasteiger partial charge in [-0.1, -0.05) is 0 Å². The molecule has 4 N–H and O–H groups in total. The number of hydrogen-bond acceptors (Lipinski definition) is 14. The molecule has 0 aliphatic carbocycles. The number of aromatic nitrogens is 10. The minimum atomic E-state index is -0.405. The molecule has 0 radical (unpaired) electrons. The van der Waals surface area contributed by atoms with E-state index in [2.05, 4.69) is 65.3 Å². The van der Waals surface area contributed by atoms with Crippen molar-refractivity contribution in [2.75, 3.05) is 35.8 Å². The van der Waals surface area contributed by atoms with Gasteiger partial charge in [-0.3, -0.25) is 4.90 Å². The van der Waals surface area contributed by atoms with E-state index >= 15 is 4.39 Å². The molecule has 258 valence electrons. The highest BCUT2D eigenvalue weighted by Crippen LogP contribution is 2.45. The number of nitrogens with zero attached hydrogens (tertiary/aromatic N) is 10. The monoisotopic (exact) mass is 700 g/mol. The maximum atomic E-state index is 15.0. The first-order valence-electron chi connectivity index (χ1n) is 16.3. The van der Waals surface area contributed by atoms with Gasteiger partial charge >= 0.3 is 12.0 Å².